The van der Waals surface area contributed by atoms with Gasteiger partial charge in [-0.1, -0.05) is 18.7 Å². The van der Waals surface area contributed by atoms with Crippen molar-refractivity contribution in [3.8, 4) is 0 Å². The number of hydrogen-bond acceptors (Lipinski definition) is 4. The fourth-order valence-corrected chi connectivity index (χ4v) is 3.17. The molecule has 7 heteroatoms. The predicted molar refractivity (Wildman–Crippen MR) is 69.4 cm³/mol. The molecule has 1 fully saturated rings. The van der Waals surface area contributed by atoms with Crippen molar-refractivity contribution in [3.63, 3.8) is 0 Å². The molecule has 0 aromatic heterocycles. The van der Waals surface area contributed by atoms with Crippen molar-refractivity contribution in [1.29, 1.82) is 0 Å². The Balaban J connectivity index is 2.34. The van der Waals surface area contributed by atoms with Gasteiger partial charge in [0, 0.05) is 17.8 Å². The number of aliphatic imine (C=N–C) groups is 1. The van der Waals surface area contributed by atoms with Crippen LogP contribution in [-0.4, -0.2) is 44.2 Å². The lowest BCUT2D eigenvalue weighted by molar-refractivity contribution is 0.587. The summed E-state index contributed by atoms with van der Waals surface area (Å²) in [5.41, 5.74) is 0. The van der Waals surface area contributed by atoms with E-state index in [9.17, 15) is 8.42 Å². The highest BCUT2D eigenvalue weighted by atomic mass is 32.2. The molecule has 0 aromatic rings. The maximum absolute atomic E-state index is 10.8. The molecule has 0 amide bonds. The molecular formula is C9H19N3O2S2. The van der Waals surface area contributed by atoms with Gasteiger partial charge >= 0.3 is 0 Å². The summed E-state index contributed by atoms with van der Waals surface area (Å²) in [5, 5.41) is 4.77. The maximum atomic E-state index is 10.8. The molecule has 1 heterocycles. The number of hydrogen-bond donors (Lipinski definition) is 2. The van der Waals surface area contributed by atoms with Gasteiger partial charge < -0.3 is 5.32 Å². The summed E-state index contributed by atoms with van der Waals surface area (Å²) in [6.45, 7) is 5.13. The number of nitrogens with zero attached hydrogens (tertiary/aromatic N) is 1. The Morgan fingerprint density at radius 3 is 2.81 bits per heavy atom. The van der Waals surface area contributed by atoms with Crippen LogP contribution < -0.4 is 10.0 Å². The van der Waals surface area contributed by atoms with Crippen molar-refractivity contribution in [1.82, 2.24) is 10.0 Å². The number of sulfonamides is 1. The lowest BCUT2D eigenvalue weighted by atomic mass is 10.2. The second kappa shape index (κ2) is 5.88. The largest absolute Gasteiger partial charge is 0.362 e. The number of thioether (sulfide) groups is 1. The Kier molecular flexibility index (Phi) is 5.07. The fourth-order valence-electron chi connectivity index (χ4n) is 1.51. The zero-order chi connectivity index (χ0) is 12.2. The Morgan fingerprint density at radius 2 is 2.25 bits per heavy atom. The van der Waals surface area contributed by atoms with Gasteiger partial charge in [0.15, 0.2) is 5.17 Å². The summed E-state index contributed by atoms with van der Waals surface area (Å²) in [6, 6.07) is 0.442. The first-order valence-electron chi connectivity index (χ1n) is 5.29. The number of nitrogens with one attached hydrogen (secondary N) is 2. The van der Waals surface area contributed by atoms with Crippen LogP contribution in [0.4, 0.5) is 0 Å². The van der Waals surface area contributed by atoms with Crippen LogP contribution in [0.15, 0.2) is 4.99 Å². The molecule has 1 aliphatic rings. The standard InChI is InChI=1S/C9H19N3O2S2/c1-7-6-8(2)15-9(12-7)10-4-5-11-16(3,13)14/h7-8,11H,4-6H2,1-3H3,(H,10,12). The molecule has 1 aliphatic heterocycles. The molecule has 0 spiro atoms. The van der Waals surface area contributed by atoms with Crippen LogP contribution in [0.3, 0.4) is 0 Å². The van der Waals surface area contributed by atoms with Crippen LogP contribution in [-0.2, 0) is 10.0 Å². The zero-order valence-corrected chi connectivity index (χ0v) is 11.5. The van der Waals surface area contributed by atoms with Crippen molar-refractivity contribution in [2.45, 2.75) is 31.6 Å². The van der Waals surface area contributed by atoms with Gasteiger partial charge in [-0.05, 0) is 13.3 Å². The van der Waals surface area contributed by atoms with Crippen molar-refractivity contribution < 1.29 is 8.42 Å². The third-order valence-electron chi connectivity index (χ3n) is 2.10. The number of rotatable bonds is 4. The van der Waals surface area contributed by atoms with Crippen molar-refractivity contribution in [2.24, 2.45) is 4.99 Å². The van der Waals surface area contributed by atoms with Crippen LogP contribution >= 0.6 is 11.8 Å². The Bertz CT molecular complexity index is 342. The fraction of sp³-hybridized carbons (Fsp3) is 0.889. The van der Waals surface area contributed by atoms with E-state index in [1.165, 1.54) is 0 Å². The molecule has 1 rings (SSSR count). The summed E-state index contributed by atoms with van der Waals surface area (Å²) in [7, 11) is -3.10. The molecule has 1 saturated heterocycles. The average Bonchev–Trinajstić information content (AvgIpc) is 2.09. The first kappa shape index (κ1) is 13.8. The summed E-state index contributed by atoms with van der Waals surface area (Å²) < 4.78 is 24.0. The first-order valence-corrected chi connectivity index (χ1v) is 8.06. The zero-order valence-electron chi connectivity index (χ0n) is 9.86. The van der Waals surface area contributed by atoms with Crippen LogP contribution in [0.5, 0.6) is 0 Å². The van der Waals surface area contributed by atoms with E-state index >= 15 is 0 Å². The molecule has 0 aliphatic carbocycles. The Hall–Kier alpha value is -0.270. The maximum Gasteiger partial charge on any atom is 0.208 e. The second-order valence-electron chi connectivity index (χ2n) is 4.06. The molecule has 2 atom stereocenters. The molecule has 16 heavy (non-hydrogen) atoms. The van der Waals surface area contributed by atoms with Crippen LogP contribution in [0.1, 0.15) is 20.3 Å². The highest BCUT2D eigenvalue weighted by molar-refractivity contribution is 8.14. The van der Waals surface area contributed by atoms with Crippen molar-refractivity contribution >= 4 is 27.0 Å². The van der Waals surface area contributed by atoms with E-state index in [1.54, 1.807) is 11.8 Å². The predicted octanol–water partition coefficient (Wildman–Crippen LogP) is 0.395. The second-order valence-corrected chi connectivity index (χ2v) is 7.32. The van der Waals surface area contributed by atoms with E-state index in [4.69, 9.17) is 0 Å². The molecular weight excluding hydrogens is 246 g/mol. The Labute approximate surface area is 102 Å². The third-order valence-corrected chi connectivity index (χ3v) is 3.89. The molecule has 5 nitrogen and oxygen atoms in total. The van der Waals surface area contributed by atoms with Crippen LogP contribution in [0.25, 0.3) is 0 Å². The van der Waals surface area contributed by atoms with E-state index in [0.717, 1.165) is 17.8 Å². The van der Waals surface area contributed by atoms with Crippen LogP contribution in [0, 0.1) is 0 Å². The van der Waals surface area contributed by atoms with Gasteiger partial charge in [-0.2, -0.15) is 0 Å². The molecule has 0 saturated carbocycles. The topological polar surface area (TPSA) is 70.6 Å². The van der Waals surface area contributed by atoms with Crippen molar-refractivity contribution in [3.05, 3.63) is 0 Å². The van der Waals surface area contributed by atoms with Gasteiger partial charge in [-0.15, -0.1) is 0 Å². The third kappa shape index (κ3) is 5.72. The lowest BCUT2D eigenvalue weighted by Crippen LogP contribution is -2.38. The quantitative estimate of drug-likeness (QED) is 0.722. The Morgan fingerprint density at radius 1 is 1.56 bits per heavy atom. The van der Waals surface area contributed by atoms with E-state index < -0.39 is 10.0 Å². The molecule has 0 radical (unpaired) electrons. The minimum atomic E-state index is -3.10. The van der Waals surface area contributed by atoms with Gasteiger partial charge in [0.1, 0.15) is 0 Å². The molecule has 0 aromatic carbocycles. The van der Waals surface area contributed by atoms with E-state index in [2.05, 4.69) is 28.9 Å². The van der Waals surface area contributed by atoms with Gasteiger partial charge in [-0.3, -0.25) is 4.99 Å². The summed E-state index contributed by atoms with van der Waals surface area (Å²) >= 11 is 1.71. The summed E-state index contributed by atoms with van der Waals surface area (Å²) in [4.78, 5) is 4.33. The summed E-state index contributed by atoms with van der Waals surface area (Å²) in [5.74, 6) is 0. The molecule has 0 bridgehead atoms. The van der Waals surface area contributed by atoms with E-state index in [0.29, 0.717) is 24.4 Å². The van der Waals surface area contributed by atoms with Crippen LogP contribution in [0.2, 0.25) is 0 Å². The summed E-state index contributed by atoms with van der Waals surface area (Å²) in [6.07, 6.45) is 2.28. The van der Waals surface area contributed by atoms with Gasteiger partial charge in [0.05, 0.1) is 12.8 Å². The molecule has 2 N–H and O–H groups in total. The minimum absolute atomic E-state index is 0.354. The SMILES string of the molecule is CC1CC(C)SC(=NCCNS(C)(=O)=O)N1. The van der Waals surface area contributed by atoms with Gasteiger partial charge in [0.25, 0.3) is 0 Å². The smallest absolute Gasteiger partial charge is 0.208 e. The molecule has 94 valence electrons. The highest BCUT2D eigenvalue weighted by Crippen LogP contribution is 2.21. The van der Waals surface area contributed by atoms with E-state index in [-0.39, 0.29) is 0 Å². The first-order chi connectivity index (χ1) is 7.37. The van der Waals surface area contributed by atoms with Crippen molar-refractivity contribution in [2.75, 3.05) is 19.3 Å². The number of amidine groups is 1. The van der Waals surface area contributed by atoms with E-state index in [1.807, 2.05) is 0 Å². The minimum Gasteiger partial charge on any atom is -0.362 e. The molecule has 2 unspecified atom stereocenters. The van der Waals surface area contributed by atoms with Gasteiger partial charge in [0.2, 0.25) is 10.0 Å². The lowest BCUT2D eigenvalue weighted by Gasteiger charge is -2.26. The highest BCUT2D eigenvalue weighted by Gasteiger charge is 2.19. The monoisotopic (exact) mass is 265 g/mol. The average molecular weight is 265 g/mol. The normalized spacial score (nSPS) is 29.1. The van der Waals surface area contributed by atoms with Gasteiger partial charge in [-0.25, -0.2) is 13.1 Å².